The highest BCUT2D eigenvalue weighted by atomic mass is 16.4. The molecule has 0 aliphatic heterocycles. The smallest absolute Gasteiger partial charge is 0.309 e. The van der Waals surface area contributed by atoms with E-state index in [0.717, 1.165) is 38.5 Å². The van der Waals surface area contributed by atoms with Crippen molar-refractivity contribution in [2.75, 3.05) is 0 Å². The van der Waals surface area contributed by atoms with E-state index in [1.165, 1.54) is 61.6 Å². The molecule has 0 aromatic heterocycles. The van der Waals surface area contributed by atoms with Crippen LogP contribution in [0.4, 0.5) is 0 Å². The molecule has 0 heterocycles. The minimum absolute atomic E-state index is 0.349. The quantitative estimate of drug-likeness (QED) is 0.343. The number of benzene rings is 1. The van der Waals surface area contributed by atoms with Crippen LogP contribution in [0, 0.1) is 24.7 Å². The van der Waals surface area contributed by atoms with Crippen molar-refractivity contribution in [2.24, 2.45) is 10.8 Å². The largest absolute Gasteiger partial charge is 0.481 e. The normalized spacial score (nSPS) is 15.5. The Kier molecular flexibility index (Phi) is 8.79. The Hall–Kier alpha value is -1.31. The molecular formula is C27H44O2. The molecule has 0 saturated heterocycles. The van der Waals surface area contributed by atoms with Gasteiger partial charge in [0.1, 0.15) is 0 Å². The number of carboxylic acids is 1. The Morgan fingerprint density at radius 3 is 1.79 bits per heavy atom. The number of unbranched alkanes of at least 4 members (excludes halogenated alkanes) is 5. The molecule has 0 unspecified atom stereocenters. The first-order valence-corrected chi connectivity index (χ1v) is 12.0. The van der Waals surface area contributed by atoms with Gasteiger partial charge in [-0.25, -0.2) is 0 Å². The van der Waals surface area contributed by atoms with Gasteiger partial charge in [-0.05, 0) is 92.9 Å². The number of hydrogen-bond donors (Lipinski definition) is 1. The summed E-state index contributed by atoms with van der Waals surface area (Å²) >= 11 is 0. The van der Waals surface area contributed by atoms with Crippen molar-refractivity contribution < 1.29 is 9.90 Å². The maximum atomic E-state index is 11.3. The van der Waals surface area contributed by atoms with Crippen molar-refractivity contribution in [3.05, 3.63) is 34.4 Å². The van der Waals surface area contributed by atoms with Crippen LogP contribution in [0.3, 0.4) is 0 Å². The summed E-state index contributed by atoms with van der Waals surface area (Å²) in [6.07, 6.45) is 15.0. The van der Waals surface area contributed by atoms with E-state index < -0.39 is 5.97 Å². The van der Waals surface area contributed by atoms with Crippen LogP contribution in [-0.2, 0) is 17.6 Å². The zero-order valence-electron chi connectivity index (χ0n) is 19.7. The van der Waals surface area contributed by atoms with Crippen LogP contribution in [-0.4, -0.2) is 11.1 Å². The molecule has 2 nitrogen and oxygen atoms in total. The maximum absolute atomic E-state index is 11.3. The van der Waals surface area contributed by atoms with Crippen molar-refractivity contribution in [3.63, 3.8) is 0 Å². The van der Waals surface area contributed by atoms with E-state index in [4.69, 9.17) is 0 Å². The molecule has 0 spiro atoms. The van der Waals surface area contributed by atoms with Crippen molar-refractivity contribution in [3.8, 4) is 0 Å². The van der Waals surface area contributed by atoms with Crippen molar-refractivity contribution in [2.45, 2.75) is 118 Å². The molecule has 1 N–H and O–H groups in total. The average molecular weight is 401 g/mol. The molecule has 1 fully saturated rings. The van der Waals surface area contributed by atoms with Crippen molar-refractivity contribution in [1.82, 2.24) is 0 Å². The Labute approximate surface area is 179 Å². The molecular weight excluding hydrogens is 356 g/mol. The molecule has 2 heteroatoms. The van der Waals surface area contributed by atoms with E-state index in [0.29, 0.717) is 5.41 Å². The Balaban J connectivity index is 1.75. The van der Waals surface area contributed by atoms with Gasteiger partial charge in [-0.2, -0.15) is 0 Å². The summed E-state index contributed by atoms with van der Waals surface area (Å²) in [6, 6.07) is 4.83. The lowest BCUT2D eigenvalue weighted by atomic mass is 9.89. The van der Waals surface area contributed by atoms with Crippen LogP contribution in [0.5, 0.6) is 0 Å². The van der Waals surface area contributed by atoms with Crippen molar-refractivity contribution >= 4 is 5.97 Å². The fourth-order valence-electron chi connectivity index (χ4n) is 4.40. The van der Waals surface area contributed by atoms with Gasteiger partial charge in [-0.3, -0.25) is 4.79 Å². The van der Waals surface area contributed by atoms with Gasteiger partial charge in [0.2, 0.25) is 0 Å². The van der Waals surface area contributed by atoms with Crippen LogP contribution >= 0.6 is 0 Å². The molecule has 0 radical (unpaired) electrons. The highest BCUT2D eigenvalue weighted by molar-refractivity contribution is 5.77. The lowest BCUT2D eigenvalue weighted by Crippen LogP contribution is -2.14. The fraction of sp³-hybridized carbons (Fsp3) is 0.741. The monoisotopic (exact) mass is 400 g/mol. The molecule has 29 heavy (non-hydrogen) atoms. The van der Waals surface area contributed by atoms with Gasteiger partial charge in [0.25, 0.3) is 0 Å². The summed E-state index contributed by atoms with van der Waals surface area (Å²) in [5.74, 6) is -0.573. The van der Waals surface area contributed by atoms with Gasteiger partial charge in [0.05, 0.1) is 5.41 Å². The lowest BCUT2D eigenvalue weighted by Gasteiger charge is -2.17. The van der Waals surface area contributed by atoms with Gasteiger partial charge in [-0.15, -0.1) is 0 Å². The van der Waals surface area contributed by atoms with Gasteiger partial charge in [0.15, 0.2) is 0 Å². The summed E-state index contributed by atoms with van der Waals surface area (Å²) in [4.78, 5) is 11.3. The summed E-state index contributed by atoms with van der Waals surface area (Å²) in [6.45, 7) is 11.5. The second-order valence-electron chi connectivity index (χ2n) is 10.8. The van der Waals surface area contributed by atoms with Crippen LogP contribution in [0.25, 0.3) is 0 Å². The molecule has 1 aromatic rings. The third-order valence-electron chi connectivity index (χ3n) is 6.85. The first-order chi connectivity index (χ1) is 13.6. The molecule has 1 saturated carbocycles. The van der Waals surface area contributed by atoms with Gasteiger partial charge in [0, 0.05) is 0 Å². The van der Waals surface area contributed by atoms with Crippen LogP contribution in [0.1, 0.15) is 114 Å². The Bertz CT molecular complexity index is 662. The van der Waals surface area contributed by atoms with E-state index in [9.17, 15) is 9.90 Å². The topological polar surface area (TPSA) is 37.3 Å². The van der Waals surface area contributed by atoms with Crippen LogP contribution < -0.4 is 0 Å². The summed E-state index contributed by atoms with van der Waals surface area (Å²) in [5.41, 5.74) is 6.00. The molecule has 0 amide bonds. The van der Waals surface area contributed by atoms with E-state index >= 15 is 0 Å². The maximum Gasteiger partial charge on any atom is 0.309 e. The van der Waals surface area contributed by atoms with Gasteiger partial charge >= 0.3 is 5.97 Å². The number of carbonyl (C=O) groups is 1. The molecule has 1 aliphatic rings. The summed E-state index contributed by atoms with van der Waals surface area (Å²) in [7, 11) is 0. The van der Waals surface area contributed by atoms with E-state index in [1.807, 2.05) is 0 Å². The first kappa shape index (κ1) is 24.0. The van der Waals surface area contributed by atoms with E-state index in [1.54, 1.807) is 5.56 Å². The second-order valence-corrected chi connectivity index (χ2v) is 10.8. The zero-order valence-corrected chi connectivity index (χ0v) is 19.7. The molecule has 0 atom stereocenters. The summed E-state index contributed by atoms with van der Waals surface area (Å²) < 4.78 is 0. The molecule has 1 aliphatic carbocycles. The zero-order chi connectivity index (χ0) is 21.5. The minimum Gasteiger partial charge on any atom is -0.481 e. The Morgan fingerprint density at radius 2 is 1.34 bits per heavy atom. The lowest BCUT2D eigenvalue weighted by molar-refractivity contribution is -0.143. The van der Waals surface area contributed by atoms with Crippen LogP contribution in [0.2, 0.25) is 0 Å². The van der Waals surface area contributed by atoms with E-state index in [2.05, 4.69) is 46.8 Å². The number of hydrogen-bond acceptors (Lipinski definition) is 1. The number of aryl methyl sites for hydroxylation is 4. The minimum atomic E-state index is -0.573. The number of aliphatic carboxylic acids is 1. The molecule has 2 rings (SSSR count). The highest BCUT2D eigenvalue weighted by Crippen LogP contribution is 2.50. The predicted octanol–water partition coefficient (Wildman–Crippen LogP) is 7.81. The third kappa shape index (κ3) is 8.15. The SMILES string of the molecule is Cc1cc(CCCCCCC(C)(C)C)c(CCCCCC2(C(=O)O)CC2)cc1C. The third-order valence-corrected chi connectivity index (χ3v) is 6.85. The van der Waals surface area contributed by atoms with E-state index in [-0.39, 0.29) is 5.41 Å². The average Bonchev–Trinajstić information content (AvgIpc) is 3.41. The standard InChI is InChI=1S/C27H44O2/c1-21-19-23(13-9-6-7-11-15-26(3,4)5)24(20-22(21)2)14-10-8-12-16-27(17-18-27)25(28)29/h19-20H,6-18H2,1-5H3,(H,28,29). The summed E-state index contributed by atoms with van der Waals surface area (Å²) in [5, 5.41) is 9.31. The molecule has 0 bridgehead atoms. The van der Waals surface area contributed by atoms with Gasteiger partial charge in [-0.1, -0.05) is 65.0 Å². The highest BCUT2D eigenvalue weighted by Gasteiger charge is 2.49. The van der Waals surface area contributed by atoms with Gasteiger partial charge < -0.3 is 5.11 Å². The number of rotatable bonds is 13. The van der Waals surface area contributed by atoms with Crippen LogP contribution in [0.15, 0.2) is 12.1 Å². The fourth-order valence-corrected chi connectivity index (χ4v) is 4.40. The number of carboxylic acid groups (broad SMARTS) is 1. The molecule has 164 valence electrons. The second kappa shape index (κ2) is 10.6. The molecule has 1 aromatic carbocycles. The Morgan fingerprint density at radius 1 is 0.862 bits per heavy atom. The van der Waals surface area contributed by atoms with Crippen molar-refractivity contribution in [1.29, 1.82) is 0 Å². The first-order valence-electron chi connectivity index (χ1n) is 12.0. The predicted molar refractivity (Wildman–Crippen MR) is 124 cm³/mol.